The van der Waals surface area contributed by atoms with E-state index < -0.39 is 0 Å². The molecule has 0 bridgehead atoms. The van der Waals surface area contributed by atoms with E-state index in [2.05, 4.69) is 36.3 Å². The lowest BCUT2D eigenvalue weighted by molar-refractivity contribution is -0.174. The number of aliphatic imine (C=N–C) groups is 1. The van der Waals surface area contributed by atoms with E-state index in [1.54, 1.807) is 0 Å². The Morgan fingerprint density at radius 3 is 2.67 bits per heavy atom. The van der Waals surface area contributed by atoms with Gasteiger partial charge < -0.3 is 20.5 Å². The van der Waals surface area contributed by atoms with Gasteiger partial charge in [0.1, 0.15) is 6.10 Å². The molecule has 1 aromatic rings. The van der Waals surface area contributed by atoms with Gasteiger partial charge in [-0.05, 0) is 49.9 Å². The highest BCUT2D eigenvalue weighted by Crippen LogP contribution is 2.36. The number of hydrogen-bond acceptors (Lipinski definition) is 3. The van der Waals surface area contributed by atoms with Crippen LogP contribution in [0, 0.1) is 13.8 Å². The number of rotatable bonds is 3. The summed E-state index contributed by atoms with van der Waals surface area (Å²) in [4.78, 5) is 4.43. The van der Waals surface area contributed by atoms with Gasteiger partial charge in [-0.25, -0.2) is 0 Å². The van der Waals surface area contributed by atoms with Gasteiger partial charge in [0.25, 0.3) is 0 Å². The fourth-order valence-corrected chi connectivity index (χ4v) is 3.44. The molecule has 1 saturated heterocycles. The number of anilines is 1. The molecule has 1 aliphatic heterocycles. The van der Waals surface area contributed by atoms with Gasteiger partial charge in [-0.2, -0.15) is 0 Å². The van der Waals surface area contributed by atoms with Crippen molar-refractivity contribution in [3.05, 3.63) is 29.3 Å². The molecule has 1 saturated carbocycles. The Labute approximate surface area is 144 Å². The normalized spacial score (nSPS) is 24.1. The zero-order chi connectivity index (χ0) is 17.0. The van der Waals surface area contributed by atoms with Crippen molar-refractivity contribution >= 4 is 11.6 Å². The number of benzene rings is 1. The van der Waals surface area contributed by atoms with E-state index >= 15 is 0 Å². The van der Waals surface area contributed by atoms with Crippen LogP contribution >= 0.6 is 0 Å². The number of aryl methyl sites for hydroxylation is 2. The summed E-state index contributed by atoms with van der Waals surface area (Å²) in [6, 6.07) is 6.17. The summed E-state index contributed by atoms with van der Waals surface area (Å²) in [6.07, 6.45) is 6.95. The third-order valence-electron chi connectivity index (χ3n) is 5.02. The molecule has 132 valence electrons. The first-order valence-electron chi connectivity index (χ1n) is 9.02. The molecule has 2 fully saturated rings. The monoisotopic (exact) mass is 331 g/mol. The Bertz CT molecular complexity index is 592. The van der Waals surface area contributed by atoms with E-state index in [4.69, 9.17) is 15.2 Å². The molecule has 1 aliphatic carbocycles. The molecule has 3 rings (SSSR count). The van der Waals surface area contributed by atoms with Crippen LogP contribution in [0.25, 0.3) is 0 Å². The van der Waals surface area contributed by atoms with E-state index in [-0.39, 0.29) is 11.9 Å². The summed E-state index contributed by atoms with van der Waals surface area (Å²) in [5.41, 5.74) is 9.47. The Hall–Kier alpha value is -1.59. The fraction of sp³-hybridized carbons (Fsp3) is 0.632. The van der Waals surface area contributed by atoms with Crippen LogP contribution in [0.15, 0.2) is 23.2 Å². The first kappa shape index (κ1) is 17.2. The number of nitrogens with one attached hydrogen (secondary N) is 1. The maximum Gasteiger partial charge on any atom is 0.193 e. The summed E-state index contributed by atoms with van der Waals surface area (Å²) >= 11 is 0. The van der Waals surface area contributed by atoms with Gasteiger partial charge in [0.2, 0.25) is 0 Å². The lowest BCUT2D eigenvalue weighted by atomic mass is 10.1. The van der Waals surface area contributed by atoms with Gasteiger partial charge in [0.05, 0.1) is 13.2 Å². The van der Waals surface area contributed by atoms with Gasteiger partial charge >= 0.3 is 0 Å². The standard InChI is InChI=1S/C19H29N3O2/c1-14-7-8-16(11-15(14)2)22-18(20)21-12-17-13-23-19(24-17)9-5-3-4-6-10-19/h7-8,11,17H,3-6,9-10,12-13H2,1-2H3,(H3,20,21,22). The van der Waals surface area contributed by atoms with E-state index in [1.165, 1.54) is 36.8 Å². The molecule has 0 amide bonds. The highest BCUT2D eigenvalue weighted by atomic mass is 16.7. The molecule has 1 atom stereocenters. The smallest absolute Gasteiger partial charge is 0.193 e. The molecule has 1 heterocycles. The second kappa shape index (κ2) is 7.53. The van der Waals surface area contributed by atoms with E-state index in [0.29, 0.717) is 19.1 Å². The number of ether oxygens (including phenoxy) is 2. The lowest BCUT2D eigenvalue weighted by Crippen LogP contribution is -2.31. The maximum absolute atomic E-state index is 6.19. The minimum absolute atomic E-state index is 0.00297. The van der Waals surface area contributed by atoms with Crippen LogP contribution in [-0.4, -0.2) is 31.0 Å². The minimum Gasteiger partial charge on any atom is -0.370 e. The second-order valence-electron chi connectivity index (χ2n) is 7.03. The zero-order valence-corrected chi connectivity index (χ0v) is 14.8. The predicted octanol–water partition coefficient (Wildman–Crippen LogP) is 3.50. The summed E-state index contributed by atoms with van der Waals surface area (Å²) in [6.45, 7) is 5.33. The third kappa shape index (κ3) is 4.28. The van der Waals surface area contributed by atoms with Crippen LogP contribution < -0.4 is 11.1 Å². The van der Waals surface area contributed by atoms with Gasteiger partial charge in [0, 0.05) is 18.5 Å². The maximum atomic E-state index is 6.19. The van der Waals surface area contributed by atoms with Crippen molar-refractivity contribution in [3.63, 3.8) is 0 Å². The molecule has 2 aliphatic rings. The SMILES string of the molecule is Cc1ccc(NC(N)=NCC2COC3(CCCCCC3)O2)cc1C. The summed E-state index contributed by atoms with van der Waals surface area (Å²) < 4.78 is 12.2. The third-order valence-corrected chi connectivity index (χ3v) is 5.02. The Kier molecular flexibility index (Phi) is 5.41. The first-order valence-corrected chi connectivity index (χ1v) is 9.02. The van der Waals surface area contributed by atoms with Crippen LogP contribution in [0.3, 0.4) is 0 Å². The van der Waals surface area contributed by atoms with Crippen molar-refractivity contribution in [2.24, 2.45) is 10.7 Å². The summed E-state index contributed by atoms with van der Waals surface area (Å²) in [5.74, 6) is 0.0658. The number of nitrogens with two attached hydrogens (primary N) is 1. The van der Waals surface area contributed by atoms with Crippen LogP contribution in [0.4, 0.5) is 5.69 Å². The highest BCUT2D eigenvalue weighted by molar-refractivity contribution is 5.92. The molecule has 1 aromatic carbocycles. The van der Waals surface area contributed by atoms with Crippen LogP contribution in [0.5, 0.6) is 0 Å². The minimum atomic E-state index is -0.354. The summed E-state index contributed by atoms with van der Waals surface area (Å²) in [5, 5.41) is 3.15. The lowest BCUT2D eigenvalue weighted by Gasteiger charge is -2.26. The Balaban J connectivity index is 1.52. The van der Waals surface area contributed by atoms with E-state index in [0.717, 1.165) is 18.5 Å². The van der Waals surface area contributed by atoms with Crippen molar-refractivity contribution in [2.45, 2.75) is 64.3 Å². The molecule has 0 aromatic heterocycles. The first-order chi connectivity index (χ1) is 11.6. The molecule has 0 radical (unpaired) electrons. The van der Waals surface area contributed by atoms with E-state index in [1.807, 2.05) is 6.07 Å². The van der Waals surface area contributed by atoms with Gasteiger partial charge in [-0.15, -0.1) is 0 Å². The van der Waals surface area contributed by atoms with Crippen molar-refractivity contribution in [1.29, 1.82) is 0 Å². The fourth-order valence-electron chi connectivity index (χ4n) is 3.44. The molecule has 5 heteroatoms. The quantitative estimate of drug-likeness (QED) is 0.657. The summed E-state index contributed by atoms with van der Waals surface area (Å²) in [7, 11) is 0. The average molecular weight is 331 g/mol. The van der Waals surface area contributed by atoms with Crippen LogP contribution in [0.2, 0.25) is 0 Å². The van der Waals surface area contributed by atoms with Crippen LogP contribution in [0.1, 0.15) is 49.7 Å². The molecule has 5 nitrogen and oxygen atoms in total. The largest absolute Gasteiger partial charge is 0.370 e. The van der Waals surface area contributed by atoms with Gasteiger partial charge in [0.15, 0.2) is 11.7 Å². The molecule has 1 unspecified atom stereocenters. The highest BCUT2D eigenvalue weighted by Gasteiger charge is 2.41. The van der Waals surface area contributed by atoms with Gasteiger partial charge in [-0.1, -0.05) is 18.9 Å². The van der Waals surface area contributed by atoms with E-state index in [9.17, 15) is 0 Å². The van der Waals surface area contributed by atoms with Crippen molar-refractivity contribution < 1.29 is 9.47 Å². The Morgan fingerprint density at radius 1 is 1.21 bits per heavy atom. The molecular weight excluding hydrogens is 302 g/mol. The molecule has 1 spiro atoms. The second-order valence-corrected chi connectivity index (χ2v) is 7.03. The van der Waals surface area contributed by atoms with Crippen molar-refractivity contribution in [1.82, 2.24) is 0 Å². The van der Waals surface area contributed by atoms with Crippen molar-refractivity contribution in [3.8, 4) is 0 Å². The zero-order valence-electron chi connectivity index (χ0n) is 14.8. The molecular formula is C19H29N3O2. The average Bonchev–Trinajstić information content (AvgIpc) is 2.81. The molecule has 24 heavy (non-hydrogen) atoms. The van der Waals surface area contributed by atoms with Gasteiger partial charge in [-0.3, -0.25) is 4.99 Å². The predicted molar refractivity (Wildman–Crippen MR) is 97.3 cm³/mol. The number of hydrogen-bond donors (Lipinski definition) is 2. The van der Waals surface area contributed by atoms with Crippen molar-refractivity contribution in [2.75, 3.05) is 18.5 Å². The Morgan fingerprint density at radius 2 is 1.96 bits per heavy atom. The topological polar surface area (TPSA) is 68.9 Å². The molecule has 3 N–H and O–H groups in total. The number of guanidine groups is 1. The van der Waals surface area contributed by atoms with Crippen LogP contribution in [-0.2, 0) is 9.47 Å². The number of nitrogens with zero attached hydrogens (tertiary/aromatic N) is 1.